The Labute approximate surface area is 83.9 Å². The molecule has 0 spiro atoms. The van der Waals surface area contributed by atoms with Gasteiger partial charge >= 0.3 is 5.97 Å². The van der Waals surface area contributed by atoms with Crippen molar-refractivity contribution in [2.75, 3.05) is 0 Å². The molecule has 2 nitrogen and oxygen atoms in total. The fourth-order valence-electron chi connectivity index (χ4n) is 1.25. The van der Waals surface area contributed by atoms with Crippen LogP contribution >= 0.6 is 0 Å². The van der Waals surface area contributed by atoms with E-state index in [1.165, 1.54) is 11.6 Å². The van der Waals surface area contributed by atoms with Gasteiger partial charge in [0.05, 0.1) is 5.92 Å². The second kappa shape index (κ2) is 4.61. The van der Waals surface area contributed by atoms with Gasteiger partial charge in [0.2, 0.25) is 0 Å². The standard InChI is InChI=1S/C12H14O2/c1-3-11(12(13)14)8-10-6-4-9(2)5-7-10/h3-7,11H,1,8H2,2H3,(H,13,14). The van der Waals surface area contributed by atoms with E-state index >= 15 is 0 Å². The summed E-state index contributed by atoms with van der Waals surface area (Å²) in [4.78, 5) is 10.7. The lowest BCUT2D eigenvalue weighted by Crippen LogP contribution is -2.13. The Morgan fingerprint density at radius 2 is 2.07 bits per heavy atom. The van der Waals surface area contributed by atoms with Gasteiger partial charge < -0.3 is 5.11 Å². The zero-order valence-corrected chi connectivity index (χ0v) is 8.23. The molecule has 0 aliphatic heterocycles. The van der Waals surface area contributed by atoms with Crippen molar-refractivity contribution in [1.82, 2.24) is 0 Å². The lowest BCUT2D eigenvalue weighted by molar-refractivity contribution is -0.140. The molecule has 0 saturated carbocycles. The van der Waals surface area contributed by atoms with Crippen LogP contribution in [0.3, 0.4) is 0 Å². The molecule has 74 valence electrons. The van der Waals surface area contributed by atoms with Gasteiger partial charge in [0.1, 0.15) is 0 Å². The number of hydrogen-bond acceptors (Lipinski definition) is 1. The Morgan fingerprint density at radius 3 is 2.50 bits per heavy atom. The van der Waals surface area contributed by atoms with Gasteiger partial charge in [-0.05, 0) is 18.9 Å². The predicted octanol–water partition coefficient (Wildman–Crippen LogP) is 2.42. The van der Waals surface area contributed by atoms with Crippen molar-refractivity contribution < 1.29 is 9.90 Å². The summed E-state index contributed by atoms with van der Waals surface area (Å²) in [5, 5.41) is 8.82. The van der Waals surface area contributed by atoms with Gasteiger partial charge in [-0.25, -0.2) is 0 Å². The zero-order valence-electron chi connectivity index (χ0n) is 8.23. The van der Waals surface area contributed by atoms with Gasteiger partial charge in [-0.15, -0.1) is 6.58 Å². The smallest absolute Gasteiger partial charge is 0.310 e. The summed E-state index contributed by atoms with van der Waals surface area (Å²) in [6.07, 6.45) is 1.99. The van der Waals surface area contributed by atoms with Crippen LogP contribution in [0, 0.1) is 12.8 Å². The summed E-state index contributed by atoms with van der Waals surface area (Å²) in [6, 6.07) is 7.87. The van der Waals surface area contributed by atoms with E-state index in [1.807, 2.05) is 31.2 Å². The molecule has 0 amide bonds. The Morgan fingerprint density at radius 1 is 1.50 bits per heavy atom. The number of aliphatic carboxylic acids is 1. The molecular weight excluding hydrogens is 176 g/mol. The largest absolute Gasteiger partial charge is 0.481 e. The van der Waals surface area contributed by atoms with Crippen LogP contribution in [0.4, 0.5) is 0 Å². The maximum atomic E-state index is 10.7. The van der Waals surface area contributed by atoms with Gasteiger partial charge in [0.15, 0.2) is 0 Å². The summed E-state index contributed by atoms with van der Waals surface area (Å²) < 4.78 is 0. The van der Waals surface area contributed by atoms with Crippen LogP contribution < -0.4 is 0 Å². The Kier molecular flexibility index (Phi) is 3.46. The van der Waals surface area contributed by atoms with Crippen LogP contribution in [-0.4, -0.2) is 11.1 Å². The second-order valence-corrected chi connectivity index (χ2v) is 3.37. The van der Waals surface area contributed by atoms with E-state index in [0.29, 0.717) is 6.42 Å². The van der Waals surface area contributed by atoms with Gasteiger partial charge in [-0.2, -0.15) is 0 Å². The molecule has 14 heavy (non-hydrogen) atoms. The minimum atomic E-state index is -0.819. The normalized spacial score (nSPS) is 12.1. The highest BCUT2D eigenvalue weighted by atomic mass is 16.4. The first-order chi connectivity index (χ1) is 6.63. The maximum absolute atomic E-state index is 10.7. The van der Waals surface area contributed by atoms with Crippen molar-refractivity contribution in [1.29, 1.82) is 0 Å². The Bertz CT molecular complexity index is 325. The molecular formula is C12H14O2. The van der Waals surface area contributed by atoms with Crippen molar-refractivity contribution in [3.8, 4) is 0 Å². The molecule has 2 heteroatoms. The van der Waals surface area contributed by atoms with Crippen LogP contribution in [0.1, 0.15) is 11.1 Å². The molecule has 0 fully saturated rings. The average Bonchev–Trinajstić information content (AvgIpc) is 2.16. The number of carboxylic acids is 1. The molecule has 1 rings (SSSR count). The summed E-state index contributed by atoms with van der Waals surface area (Å²) >= 11 is 0. The minimum Gasteiger partial charge on any atom is -0.481 e. The van der Waals surface area contributed by atoms with E-state index in [0.717, 1.165) is 5.56 Å². The van der Waals surface area contributed by atoms with Crippen LogP contribution in [0.25, 0.3) is 0 Å². The average molecular weight is 190 g/mol. The minimum absolute atomic E-state index is 0.488. The molecule has 0 radical (unpaired) electrons. The number of hydrogen-bond donors (Lipinski definition) is 1. The van der Waals surface area contributed by atoms with Crippen molar-refractivity contribution >= 4 is 5.97 Å². The van der Waals surface area contributed by atoms with Crippen LogP contribution in [0.5, 0.6) is 0 Å². The highest BCUT2D eigenvalue weighted by molar-refractivity contribution is 5.72. The van der Waals surface area contributed by atoms with Crippen molar-refractivity contribution in [2.45, 2.75) is 13.3 Å². The van der Waals surface area contributed by atoms with Crippen molar-refractivity contribution in [3.63, 3.8) is 0 Å². The first kappa shape index (κ1) is 10.5. The predicted molar refractivity (Wildman–Crippen MR) is 56.2 cm³/mol. The maximum Gasteiger partial charge on any atom is 0.310 e. The molecule has 0 saturated heterocycles. The first-order valence-electron chi connectivity index (χ1n) is 4.54. The Hall–Kier alpha value is -1.57. The third-order valence-electron chi connectivity index (χ3n) is 2.18. The van der Waals surface area contributed by atoms with Crippen molar-refractivity contribution in [3.05, 3.63) is 48.0 Å². The fraction of sp³-hybridized carbons (Fsp3) is 0.250. The molecule has 0 aliphatic rings. The summed E-state index contributed by atoms with van der Waals surface area (Å²) in [5.74, 6) is -1.31. The molecule has 0 aliphatic carbocycles. The van der Waals surface area contributed by atoms with E-state index < -0.39 is 11.9 Å². The van der Waals surface area contributed by atoms with E-state index in [2.05, 4.69) is 6.58 Å². The summed E-state index contributed by atoms with van der Waals surface area (Å²) in [5.41, 5.74) is 2.21. The second-order valence-electron chi connectivity index (χ2n) is 3.37. The number of rotatable bonds is 4. The van der Waals surface area contributed by atoms with Gasteiger partial charge in [0.25, 0.3) is 0 Å². The lowest BCUT2D eigenvalue weighted by atomic mass is 9.99. The third kappa shape index (κ3) is 2.73. The van der Waals surface area contributed by atoms with Crippen LogP contribution in [-0.2, 0) is 11.2 Å². The van der Waals surface area contributed by atoms with Crippen LogP contribution in [0.2, 0.25) is 0 Å². The SMILES string of the molecule is C=CC(Cc1ccc(C)cc1)C(=O)O. The number of carbonyl (C=O) groups is 1. The molecule has 0 heterocycles. The van der Waals surface area contributed by atoms with Crippen LogP contribution in [0.15, 0.2) is 36.9 Å². The molecule has 1 aromatic rings. The quantitative estimate of drug-likeness (QED) is 0.740. The Balaban J connectivity index is 2.72. The van der Waals surface area contributed by atoms with E-state index in [1.54, 1.807) is 0 Å². The number of benzene rings is 1. The van der Waals surface area contributed by atoms with Crippen molar-refractivity contribution in [2.24, 2.45) is 5.92 Å². The topological polar surface area (TPSA) is 37.3 Å². The lowest BCUT2D eigenvalue weighted by Gasteiger charge is -2.06. The number of carboxylic acid groups (broad SMARTS) is 1. The monoisotopic (exact) mass is 190 g/mol. The van der Waals surface area contributed by atoms with Gasteiger partial charge in [0, 0.05) is 0 Å². The highest BCUT2D eigenvalue weighted by Gasteiger charge is 2.13. The number of aryl methyl sites for hydroxylation is 1. The molecule has 1 unspecified atom stereocenters. The fourth-order valence-corrected chi connectivity index (χ4v) is 1.25. The summed E-state index contributed by atoms with van der Waals surface area (Å²) in [7, 11) is 0. The first-order valence-corrected chi connectivity index (χ1v) is 4.54. The van der Waals surface area contributed by atoms with E-state index in [9.17, 15) is 4.79 Å². The molecule has 1 N–H and O–H groups in total. The molecule has 1 atom stereocenters. The summed E-state index contributed by atoms with van der Waals surface area (Å²) in [6.45, 7) is 5.52. The molecule has 1 aromatic carbocycles. The van der Waals surface area contributed by atoms with E-state index in [-0.39, 0.29) is 0 Å². The van der Waals surface area contributed by atoms with E-state index in [4.69, 9.17) is 5.11 Å². The third-order valence-corrected chi connectivity index (χ3v) is 2.18. The highest BCUT2D eigenvalue weighted by Crippen LogP contribution is 2.11. The molecule has 0 aromatic heterocycles. The zero-order chi connectivity index (χ0) is 10.6. The molecule has 0 bridgehead atoms. The van der Waals surface area contributed by atoms with Gasteiger partial charge in [-0.3, -0.25) is 4.79 Å². The van der Waals surface area contributed by atoms with Gasteiger partial charge in [-0.1, -0.05) is 35.9 Å².